The lowest BCUT2D eigenvalue weighted by Crippen LogP contribution is -2.60. The molecule has 2 saturated heterocycles. The zero-order valence-corrected chi connectivity index (χ0v) is 11.9. The molecule has 2 amide bonds. The molecule has 2 heterocycles. The Morgan fingerprint density at radius 2 is 1.84 bits per heavy atom. The normalized spacial score (nSPS) is 27.6. The first kappa shape index (κ1) is 14.1. The van der Waals surface area contributed by atoms with E-state index in [1.165, 1.54) is 0 Å². The van der Waals surface area contributed by atoms with Gasteiger partial charge in [-0.2, -0.15) is 0 Å². The van der Waals surface area contributed by atoms with Crippen LogP contribution >= 0.6 is 0 Å². The molecule has 6 nitrogen and oxygen atoms in total. The SMILES string of the molecule is CN1CCN(C(=O)N2CCC(C(=O)O)C2)CC1(C)C. The van der Waals surface area contributed by atoms with Crippen LogP contribution in [0.1, 0.15) is 20.3 Å². The van der Waals surface area contributed by atoms with Crippen LogP contribution in [-0.4, -0.2) is 77.1 Å². The highest BCUT2D eigenvalue weighted by Gasteiger charge is 2.37. The Kier molecular flexibility index (Phi) is 3.71. The van der Waals surface area contributed by atoms with Crippen molar-refractivity contribution in [2.75, 3.05) is 39.8 Å². The van der Waals surface area contributed by atoms with Gasteiger partial charge < -0.3 is 14.9 Å². The van der Waals surface area contributed by atoms with Gasteiger partial charge in [-0.25, -0.2) is 4.79 Å². The van der Waals surface area contributed by atoms with Crippen molar-refractivity contribution in [3.8, 4) is 0 Å². The number of urea groups is 1. The van der Waals surface area contributed by atoms with E-state index in [0.717, 1.165) is 6.54 Å². The van der Waals surface area contributed by atoms with Crippen molar-refractivity contribution in [3.63, 3.8) is 0 Å². The number of carbonyl (C=O) groups excluding carboxylic acids is 1. The molecule has 0 aromatic heterocycles. The maximum Gasteiger partial charge on any atom is 0.320 e. The second kappa shape index (κ2) is 5.00. The molecule has 0 aromatic rings. The van der Waals surface area contributed by atoms with E-state index in [-0.39, 0.29) is 11.6 Å². The predicted molar refractivity (Wildman–Crippen MR) is 71.0 cm³/mol. The molecule has 0 bridgehead atoms. The first-order valence-corrected chi connectivity index (χ1v) is 6.79. The highest BCUT2D eigenvalue weighted by Crippen LogP contribution is 2.22. The highest BCUT2D eigenvalue weighted by atomic mass is 16.4. The lowest BCUT2D eigenvalue weighted by Gasteiger charge is -2.46. The van der Waals surface area contributed by atoms with Crippen LogP contribution in [0.3, 0.4) is 0 Å². The first-order valence-electron chi connectivity index (χ1n) is 6.79. The first-order chi connectivity index (χ1) is 8.81. The standard InChI is InChI=1S/C13H23N3O3/c1-13(2)9-16(7-6-14(13)3)12(19)15-5-4-10(8-15)11(17)18/h10H,4-9H2,1-3H3,(H,17,18). The fourth-order valence-electron chi connectivity index (χ4n) is 2.74. The molecule has 1 atom stereocenters. The largest absolute Gasteiger partial charge is 0.481 e. The number of hydrogen-bond acceptors (Lipinski definition) is 3. The zero-order valence-electron chi connectivity index (χ0n) is 11.9. The fraction of sp³-hybridized carbons (Fsp3) is 0.846. The minimum Gasteiger partial charge on any atom is -0.481 e. The number of rotatable bonds is 1. The number of carboxylic acids is 1. The summed E-state index contributed by atoms with van der Waals surface area (Å²) in [6.07, 6.45) is 0.568. The van der Waals surface area contributed by atoms with E-state index in [9.17, 15) is 9.59 Å². The van der Waals surface area contributed by atoms with E-state index in [1.807, 2.05) is 4.90 Å². The summed E-state index contributed by atoms with van der Waals surface area (Å²) >= 11 is 0. The molecule has 6 heteroatoms. The van der Waals surface area contributed by atoms with Gasteiger partial charge in [-0.05, 0) is 27.3 Å². The summed E-state index contributed by atoms with van der Waals surface area (Å²) in [6, 6.07) is -0.00933. The van der Waals surface area contributed by atoms with Crippen LogP contribution in [0.15, 0.2) is 0 Å². The third kappa shape index (κ3) is 2.83. The summed E-state index contributed by atoms with van der Waals surface area (Å²) in [6.45, 7) is 7.41. The summed E-state index contributed by atoms with van der Waals surface area (Å²) in [7, 11) is 2.07. The molecule has 0 aromatic carbocycles. The van der Waals surface area contributed by atoms with Gasteiger partial charge in [-0.3, -0.25) is 9.69 Å². The molecule has 0 spiro atoms. The van der Waals surface area contributed by atoms with Gasteiger partial charge in [0.05, 0.1) is 5.92 Å². The maximum absolute atomic E-state index is 12.4. The van der Waals surface area contributed by atoms with Gasteiger partial charge in [0, 0.05) is 38.3 Å². The molecule has 108 valence electrons. The second-order valence-electron chi connectivity index (χ2n) is 6.21. The smallest absolute Gasteiger partial charge is 0.320 e. The van der Waals surface area contributed by atoms with Crippen molar-refractivity contribution < 1.29 is 14.7 Å². The Balaban J connectivity index is 1.96. The number of carbonyl (C=O) groups is 2. The lowest BCUT2D eigenvalue weighted by atomic mass is 10.00. The van der Waals surface area contributed by atoms with Gasteiger partial charge in [0.15, 0.2) is 0 Å². The van der Waals surface area contributed by atoms with Crippen LogP contribution in [-0.2, 0) is 4.79 Å². The van der Waals surface area contributed by atoms with Gasteiger partial charge in [-0.1, -0.05) is 0 Å². The monoisotopic (exact) mass is 269 g/mol. The molecular weight excluding hydrogens is 246 g/mol. The molecule has 2 aliphatic heterocycles. The van der Waals surface area contributed by atoms with E-state index < -0.39 is 11.9 Å². The number of piperazine rings is 1. The van der Waals surface area contributed by atoms with E-state index >= 15 is 0 Å². The summed E-state index contributed by atoms with van der Waals surface area (Å²) in [5.74, 6) is -1.20. The number of likely N-dealkylation sites (tertiary alicyclic amines) is 1. The maximum atomic E-state index is 12.4. The van der Waals surface area contributed by atoms with Gasteiger partial charge >= 0.3 is 12.0 Å². The fourth-order valence-corrected chi connectivity index (χ4v) is 2.74. The Labute approximate surface area is 114 Å². The Hall–Kier alpha value is -1.30. The Morgan fingerprint density at radius 3 is 2.37 bits per heavy atom. The van der Waals surface area contributed by atoms with Crippen LogP contribution in [0.2, 0.25) is 0 Å². The van der Waals surface area contributed by atoms with Crippen LogP contribution in [0, 0.1) is 5.92 Å². The lowest BCUT2D eigenvalue weighted by molar-refractivity contribution is -0.141. The highest BCUT2D eigenvalue weighted by molar-refractivity contribution is 5.77. The molecule has 0 radical (unpaired) electrons. The van der Waals surface area contributed by atoms with Crippen LogP contribution in [0.25, 0.3) is 0 Å². The van der Waals surface area contributed by atoms with Crippen molar-refractivity contribution >= 4 is 12.0 Å². The average molecular weight is 269 g/mol. The molecule has 0 aliphatic carbocycles. The Morgan fingerprint density at radius 1 is 1.16 bits per heavy atom. The van der Waals surface area contributed by atoms with Gasteiger partial charge in [0.25, 0.3) is 0 Å². The summed E-state index contributed by atoms with van der Waals surface area (Å²) in [5, 5.41) is 8.98. The molecule has 19 heavy (non-hydrogen) atoms. The van der Waals surface area contributed by atoms with Crippen molar-refractivity contribution in [1.82, 2.24) is 14.7 Å². The zero-order chi connectivity index (χ0) is 14.2. The minimum absolute atomic E-state index is 0.00933. The second-order valence-corrected chi connectivity index (χ2v) is 6.21. The third-order valence-corrected chi connectivity index (χ3v) is 4.40. The summed E-state index contributed by atoms with van der Waals surface area (Å²) in [5.41, 5.74) is -0.0279. The molecular formula is C13H23N3O3. The molecule has 2 aliphatic rings. The number of carboxylic acid groups (broad SMARTS) is 1. The van der Waals surface area contributed by atoms with E-state index in [4.69, 9.17) is 5.11 Å². The van der Waals surface area contributed by atoms with Crippen LogP contribution in [0.4, 0.5) is 4.79 Å². The van der Waals surface area contributed by atoms with Crippen molar-refractivity contribution in [1.29, 1.82) is 0 Å². The topological polar surface area (TPSA) is 64.1 Å². The van der Waals surface area contributed by atoms with Crippen molar-refractivity contribution in [2.45, 2.75) is 25.8 Å². The minimum atomic E-state index is -0.797. The molecule has 2 rings (SSSR count). The van der Waals surface area contributed by atoms with Crippen molar-refractivity contribution in [2.24, 2.45) is 5.92 Å². The molecule has 2 fully saturated rings. The van der Waals surface area contributed by atoms with Gasteiger partial charge in [-0.15, -0.1) is 0 Å². The molecule has 1 unspecified atom stereocenters. The molecule has 1 N–H and O–H groups in total. The average Bonchev–Trinajstić information content (AvgIpc) is 2.81. The number of hydrogen-bond donors (Lipinski definition) is 1. The Bertz CT molecular complexity index is 383. The quantitative estimate of drug-likeness (QED) is 0.754. The number of amides is 2. The van der Waals surface area contributed by atoms with Crippen LogP contribution in [0.5, 0.6) is 0 Å². The van der Waals surface area contributed by atoms with E-state index in [2.05, 4.69) is 25.8 Å². The third-order valence-electron chi connectivity index (χ3n) is 4.40. The van der Waals surface area contributed by atoms with Gasteiger partial charge in [0.1, 0.15) is 0 Å². The summed E-state index contributed by atoms with van der Waals surface area (Å²) in [4.78, 5) is 29.1. The van der Waals surface area contributed by atoms with E-state index in [0.29, 0.717) is 32.6 Å². The number of likely N-dealkylation sites (N-methyl/N-ethyl adjacent to an activating group) is 1. The summed E-state index contributed by atoms with van der Waals surface area (Å²) < 4.78 is 0. The van der Waals surface area contributed by atoms with Crippen molar-refractivity contribution in [3.05, 3.63) is 0 Å². The predicted octanol–water partition coefficient (Wildman–Crippen LogP) is 0.539. The molecule has 0 saturated carbocycles. The number of aliphatic carboxylic acids is 1. The van der Waals surface area contributed by atoms with E-state index in [1.54, 1.807) is 4.90 Å². The van der Waals surface area contributed by atoms with Crippen LogP contribution < -0.4 is 0 Å². The number of nitrogens with zero attached hydrogens (tertiary/aromatic N) is 3. The van der Waals surface area contributed by atoms with Gasteiger partial charge in [0.2, 0.25) is 0 Å².